The number of rotatable bonds is 4. The molecule has 0 aliphatic carbocycles. The molecule has 2 unspecified atom stereocenters. The van der Waals surface area contributed by atoms with Crippen LogP contribution in [0.15, 0.2) is 24.3 Å². The van der Waals surface area contributed by atoms with E-state index >= 15 is 0 Å². The Labute approximate surface area is 118 Å². The van der Waals surface area contributed by atoms with Crippen LogP contribution in [0.2, 0.25) is 0 Å². The molecule has 5 nitrogen and oxygen atoms in total. The van der Waals surface area contributed by atoms with Gasteiger partial charge in [0.05, 0.1) is 24.7 Å². The molecule has 1 N–H and O–H groups in total. The summed E-state index contributed by atoms with van der Waals surface area (Å²) < 4.78 is 10.1. The summed E-state index contributed by atoms with van der Waals surface area (Å²) in [4.78, 5) is 23.5. The molecule has 1 amide bonds. The van der Waals surface area contributed by atoms with Crippen molar-refractivity contribution in [1.82, 2.24) is 0 Å². The number of hydrogen-bond donors (Lipinski definition) is 1. The summed E-state index contributed by atoms with van der Waals surface area (Å²) in [6.45, 7) is 2.65. The second-order valence-corrected chi connectivity index (χ2v) is 4.77. The highest BCUT2D eigenvalue weighted by atomic mass is 16.5. The zero-order valence-electron chi connectivity index (χ0n) is 11.7. The van der Waals surface area contributed by atoms with Crippen molar-refractivity contribution < 1.29 is 19.1 Å². The van der Waals surface area contributed by atoms with Crippen molar-refractivity contribution in [3.05, 3.63) is 29.8 Å². The molecule has 2 atom stereocenters. The van der Waals surface area contributed by atoms with E-state index in [1.807, 2.05) is 6.92 Å². The molecule has 2 rings (SSSR count). The van der Waals surface area contributed by atoms with Gasteiger partial charge in [-0.1, -0.05) is 6.92 Å². The van der Waals surface area contributed by atoms with E-state index < -0.39 is 5.97 Å². The molecule has 108 valence electrons. The molecule has 0 saturated carbocycles. The van der Waals surface area contributed by atoms with Crippen LogP contribution < -0.4 is 5.32 Å². The zero-order valence-corrected chi connectivity index (χ0v) is 11.7. The van der Waals surface area contributed by atoms with Gasteiger partial charge in [-0.3, -0.25) is 4.79 Å². The Morgan fingerprint density at radius 2 is 2.05 bits per heavy atom. The van der Waals surface area contributed by atoms with Crippen LogP contribution in [0.25, 0.3) is 0 Å². The smallest absolute Gasteiger partial charge is 0.337 e. The van der Waals surface area contributed by atoms with Crippen LogP contribution in [0, 0.1) is 5.92 Å². The number of benzene rings is 1. The summed E-state index contributed by atoms with van der Waals surface area (Å²) in [6, 6.07) is 6.65. The molecule has 0 radical (unpaired) electrons. The van der Waals surface area contributed by atoms with E-state index in [0.717, 1.165) is 12.8 Å². The molecule has 1 aliphatic heterocycles. The first-order chi connectivity index (χ1) is 9.65. The average molecular weight is 277 g/mol. The van der Waals surface area contributed by atoms with Gasteiger partial charge in [-0.15, -0.1) is 0 Å². The van der Waals surface area contributed by atoms with E-state index in [-0.39, 0.29) is 17.9 Å². The maximum atomic E-state index is 12.2. The summed E-state index contributed by atoms with van der Waals surface area (Å²) >= 11 is 0. The molecule has 1 fully saturated rings. The SMILES string of the molecule is CCC1OCCC1C(=O)Nc1ccc(C(=O)OC)cc1. The topological polar surface area (TPSA) is 64.6 Å². The van der Waals surface area contributed by atoms with Crippen LogP contribution in [0.5, 0.6) is 0 Å². The van der Waals surface area contributed by atoms with Crippen LogP contribution in [-0.4, -0.2) is 31.7 Å². The molecule has 0 spiro atoms. The first kappa shape index (κ1) is 14.5. The first-order valence-electron chi connectivity index (χ1n) is 6.76. The molecule has 0 bridgehead atoms. The van der Waals surface area contributed by atoms with E-state index in [0.29, 0.717) is 17.9 Å². The first-order valence-corrected chi connectivity index (χ1v) is 6.76. The number of carbonyl (C=O) groups is 2. The average Bonchev–Trinajstić information content (AvgIpc) is 2.95. The van der Waals surface area contributed by atoms with Gasteiger partial charge in [0.2, 0.25) is 5.91 Å². The highest BCUT2D eigenvalue weighted by molar-refractivity contribution is 5.94. The summed E-state index contributed by atoms with van der Waals surface area (Å²) in [5.41, 5.74) is 1.13. The van der Waals surface area contributed by atoms with Gasteiger partial charge in [-0.05, 0) is 37.1 Å². The standard InChI is InChI=1S/C15H19NO4/c1-3-13-12(8-9-20-13)14(17)16-11-6-4-10(5-7-11)15(18)19-2/h4-7,12-13H,3,8-9H2,1-2H3,(H,16,17). The fourth-order valence-corrected chi connectivity index (χ4v) is 2.39. The van der Waals surface area contributed by atoms with Crippen LogP contribution in [0.3, 0.4) is 0 Å². The molecule has 1 aliphatic rings. The van der Waals surface area contributed by atoms with E-state index in [2.05, 4.69) is 10.1 Å². The minimum Gasteiger partial charge on any atom is -0.465 e. The van der Waals surface area contributed by atoms with Crippen LogP contribution in [-0.2, 0) is 14.3 Å². The second-order valence-electron chi connectivity index (χ2n) is 4.77. The lowest BCUT2D eigenvalue weighted by Gasteiger charge is -2.16. The highest BCUT2D eigenvalue weighted by Crippen LogP contribution is 2.25. The molecule has 0 aromatic heterocycles. The molecule has 5 heteroatoms. The lowest BCUT2D eigenvalue weighted by Crippen LogP contribution is -2.29. The van der Waals surface area contributed by atoms with Crippen LogP contribution in [0.1, 0.15) is 30.1 Å². The molecule has 1 heterocycles. The number of amides is 1. The van der Waals surface area contributed by atoms with Crippen molar-refractivity contribution in [2.45, 2.75) is 25.9 Å². The monoisotopic (exact) mass is 277 g/mol. The second kappa shape index (κ2) is 6.52. The third kappa shape index (κ3) is 3.17. The van der Waals surface area contributed by atoms with E-state index in [1.165, 1.54) is 7.11 Å². The van der Waals surface area contributed by atoms with Gasteiger partial charge in [-0.2, -0.15) is 0 Å². The predicted molar refractivity (Wildman–Crippen MR) is 74.5 cm³/mol. The summed E-state index contributed by atoms with van der Waals surface area (Å²) in [5.74, 6) is -0.515. The van der Waals surface area contributed by atoms with Crippen molar-refractivity contribution in [2.75, 3.05) is 19.0 Å². The minimum atomic E-state index is -0.391. The van der Waals surface area contributed by atoms with Gasteiger partial charge in [0.1, 0.15) is 0 Å². The molecular formula is C15H19NO4. The lowest BCUT2D eigenvalue weighted by molar-refractivity contribution is -0.121. The maximum Gasteiger partial charge on any atom is 0.337 e. The normalized spacial score (nSPS) is 21.5. The van der Waals surface area contributed by atoms with Gasteiger partial charge < -0.3 is 14.8 Å². The predicted octanol–water partition coefficient (Wildman–Crippen LogP) is 2.23. The molecule has 1 aromatic rings. The number of nitrogens with one attached hydrogen (secondary N) is 1. The number of ether oxygens (including phenoxy) is 2. The maximum absolute atomic E-state index is 12.2. The molecular weight excluding hydrogens is 258 g/mol. The third-order valence-corrected chi connectivity index (χ3v) is 3.52. The minimum absolute atomic E-state index is 0.00402. The van der Waals surface area contributed by atoms with Gasteiger partial charge in [-0.25, -0.2) is 4.79 Å². The van der Waals surface area contributed by atoms with Crippen molar-refractivity contribution in [2.24, 2.45) is 5.92 Å². The summed E-state index contributed by atoms with van der Waals surface area (Å²) in [5, 5.41) is 2.86. The Morgan fingerprint density at radius 3 is 2.65 bits per heavy atom. The van der Waals surface area contributed by atoms with E-state index in [1.54, 1.807) is 24.3 Å². The van der Waals surface area contributed by atoms with Crippen molar-refractivity contribution in [3.8, 4) is 0 Å². The fraction of sp³-hybridized carbons (Fsp3) is 0.467. The molecule has 20 heavy (non-hydrogen) atoms. The Balaban J connectivity index is 1.99. The van der Waals surface area contributed by atoms with Gasteiger partial charge >= 0.3 is 5.97 Å². The lowest BCUT2D eigenvalue weighted by atomic mass is 9.98. The molecule has 1 aromatic carbocycles. The Hall–Kier alpha value is -1.88. The van der Waals surface area contributed by atoms with Crippen molar-refractivity contribution in [1.29, 1.82) is 0 Å². The quantitative estimate of drug-likeness (QED) is 0.857. The zero-order chi connectivity index (χ0) is 14.5. The van der Waals surface area contributed by atoms with Gasteiger partial charge in [0, 0.05) is 12.3 Å². The number of carbonyl (C=O) groups excluding carboxylic acids is 2. The number of anilines is 1. The Morgan fingerprint density at radius 1 is 1.35 bits per heavy atom. The number of esters is 1. The van der Waals surface area contributed by atoms with Crippen molar-refractivity contribution in [3.63, 3.8) is 0 Å². The van der Waals surface area contributed by atoms with Gasteiger partial charge in [0.25, 0.3) is 0 Å². The van der Waals surface area contributed by atoms with E-state index in [9.17, 15) is 9.59 Å². The summed E-state index contributed by atoms with van der Waals surface area (Å²) in [7, 11) is 1.34. The molecule has 1 saturated heterocycles. The Kier molecular flexibility index (Phi) is 4.74. The Bertz CT molecular complexity index is 483. The highest BCUT2D eigenvalue weighted by Gasteiger charge is 2.32. The third-order valence-electron chi connectivity index (χ3n) is 3.52. The number of hydrogen-bond acceptors (Lipinski definition) is 4. The van der Waals surface area contributed by atoms with Crippen molar-refractivity contribution >= 4 is 17.6 Å². The van der Waals surface area contributed by atoms with Crippen LogP contribution in [0.4, 0.5) is 5.69 Å². The van der Waals surface area contributed by atoms with Gasteiger partial charge in [0.15, 0.2) is 0 Å². The fourth-order valence-electron chi connectivity index (χ4n) is 2.39. The summed E-state index contributed by atoms with van der Waals surface area (Å²) in [6.07, 6.45) is 1.59. The largest absolute Gasteiger partial charge is 0.465 e. The van der Waals surface area contributed by atoms with Crippen LogP contribution >= 0.6 is 0 Å². The van der Waals surface area contributed by atoms with E-state index in [4.69, 9.17) is 4.74 Å². The number of methoxy groups -OCH3 is 1.